The van der Waals surface area contributed by atoms with E-state index < -0.39 is 0 Å². The second-order valence-corrected chi connectivity index (χ2v) is 5.02. The highest BCUT2D eigenvalue weighted by atomic mass is 35.5. The molecule has 0 aliphatic rings. The third-order valence-electron chi connectivity index (χ3n) is 2.85. The second kappa shape index (κ2) is 5.84. The van der Waals surface area contributed by atoms with Gasteiger partial charge < -0.3 is 16.2 Å². The van der Waals surface area contributed by atoms with Crippen LogP contribution in [0.25, 0.3) is 0 Å². The number of hydrogen-bond acceptors (Lipinski definition) is 3. The van der Waals surface area contributed by atoms with Crippen molar-refractivity contribution in [2.45, 2.75) is 13.5 Å². The average molecular weight is 291 g/mol. The lowest BCUT2D eigenvalue weighted by Gasteiger charge is -2.09. The molecule has 0 radical (unpaired) electrons. The minimum Gasteiger partial charge on any atom is -0.508 e. The normalized spacial score (nSPS) is 10.3. The number of phenols is 1. The largest absolute Gasteiger partial charge is 0.508 e. The highest BCUT2D eigenvalue weighted by molar-refractivity contribution is 6.31. The summed E-state index contributed by atoms with van der Waals surface area (Å²) in [6.07, 6.45) is 0. The van der Waals surface area contributed by atoms with E-state index in [2.05, 4.69) is 5.32 Å². The zero-order valence-electron chi connectivity index (χ0n) is 11.0. The van der Waals surface area contributed by atoms with Gasteiger partial charge in [0.1, 0.15) is 5.75 Å². The van der Waals surface area contributed by atoms with Crippen LogP contribution in [0, 0.1) is 6.92 Å². The van der Waals surface area contributed by atoms with Crippen LogP contribution < -0.4 is 11.1 Å². The number of rotatable bonds is 3. The van der Waals surface area contributed by atoms with Gasteiger partial charge in [0.2, 0.25) is 0 Å². The van der Waals surface area contributed by atoms with Crippen molar-refractivity contribution in [1.29, 1.82) is 0 Å². The van der Waals surface area contributed by atoms with E-state index in [0.717, 1.165) is 5.56 Å². The summed E-state index contributed by atoms with van der Waals surface area (Å²) in [5.41, 5.74) is 8.14. The number of nitrogens with one attached hydrogen (secondary N) is 1. The fourth-order valence-corrected chi connectivity index (χ4v) is 2.18. The molecule has 0 aliphatic carbocycles. The Hall–Kier alpha value is -2.20. The van der Waals surface area contributed by atoms with E-state index in [9.17, 15) is 9.90 Å². The number of phenolic OH excluding ortho intramolecular Hbond substituents is 1. The van der Waals surface area contributed by atoms with Crippen molar-refractivity contribution < 1.29 is 9.90 Å². The van der Waals surface area contributed by atoms with Gasteiger partial charge in [0, 0.05) is 28.4 Å². The van der Waals surface area contributed by atoms with Crippen LogP contribution in [-0.4, -0.2) is 11.0 Å². The molecule has 0 aliphatic heterocycles. The summed E-state index contributed by atoms with van der Waals surface area (Å²) in [5.74, 6) is -0.154. The van der Waals surface area contributed by atoms with E-state index in [1.165, 1.54) is 6.07 Å². The smallest absolute Gasteiger partial charge is 0.251 e. The minimum atomic E-state index is -0.252. The van der Waals surface area contributed by atoms with Crippen molar-refractivity contribution in [3.63, 3.8) is 0 Å². The third kappa shape index (κ3) is 3.42. The molecule has 0 saturated heterocycles. The molecule has 0 unspecified atom stereocenters. The third-order valence-corrected chi connectivity index (χ3v) is 3.07. The standard InChI is InChI=1S/C15H15ClN2O2/c1-9-4-10(6-12(16)5-9)15(20)18-8-11-7-13(17)2-3-14(11)19/h2-7,19H,8,17H2,1H3,(H,18,20). The molecular formula is C15H15ClN2O2. The van der Waals surface area contributed by atoms with Crippen molar-refractivity contribution in [2.24, 2.45) is 0 Å². The maximum atomic E-state index is 12.0. The zero-order valence-corrected chi connectivity index (χ0v) is 11.7. The van der Waals surface area contributed by atoms with Crippen molar-refractivity contribution in [2.75, 3.05) is 5.73 Å². The molecule has 4 N–H and O–H groups in total. The van der Waals surface area contributed by atoms with Crippen molar-refractivity contribution in [3.8, 4) is 5.75 Å². The zero-order chi connectivity index (χ0) is 14.7. The van der Waals surface area contributed by atoms with Gasteiger partial charge in [-0.05, 0) is 48.9 Å². The van der Waals surface area contributed by atoms with Gasteiger partial charge in [-0.1, -0.05) is 11.6 Å². The van der Waals surface area contributed by atoms with Crippen molar-refractivity contribution >= 4 is 23.2 Å². The van der Waals surface area contributed by atoms with E-state index in [4.69, 9.17) is 17.3 Å². The number of nitrogens with two attached hydrogens (primary N) is 1. The number of aryl methyl sites for hydroxylation is 1. The Morgan fingerprint density at radius 1 is 1.30 bits per heavy atom. The molecule has 2 aromatic carbocycles. The van der Waals surface area contributed by atoms with E-state index >= 15 is 0 Å². The number of hydrogen-bond donors (Lipinski definition) is 3. The Balaban J connectivity index is 2.10. The maximum Gasteiger partial charge on any atom is 0.251 e. The molecule has 104 valence electrons. The Labute approximate surface area is 122 Å². The highest BCUT2D eigenvalue weighted by Crippen LogP contribution is 2.20. The average Bonchev–Trinajstić information content (AvgIpc) is 2.38. The number of carbonyl (C=O) groups excluding carboxylic acids is 1. The first-order valence-electron chi connectivity index (χ1n) is 6.08. The summed E-state index contributed by atoms with van der Waals surface area (Å²) < 4.78 is 0. The molecular weight excluding hydrogens is 276 g/mol. The molecule has 20 heavy (non-hydrogen) atoms. The lowest BCUT2D eigenvalue weighted by atomic mass is 10.1. The van der Waals surface area contributed by atoms with E-state index in [1.807, 2.05) is 6.92 Å². The predicted molar refractivity (Wildman–Crippen MR) is 79.9 cm³/mol. The van der Waals surface area contributed by atoms with Crippen LogP contribution in [0.4, 0.5) is 5.69 Å². The first-order chi connectivity index (χ1) is 9.45. The number of nitrogen functional groups attached to an aromatic ring is 1. The molecule has 4 nitrogen and oxygen atoms in total. The van der Waals surface area contributed by atoms with Gasteiger partial charge in [0.15, 0.2) is 0 Å². The summed E-state index contributed by atoms with van der Waals surface area (Å²) in [6.45, 7) is 2.06. The molecule has 0 aromatic heterocycles. The van der Waals surface area contributed by atoms with E-state index in [0.29, 0.717) is 21.8 Å². The molecule has 1 amide bonds. The van der Waals surface area contributed by atoms with Crippen LogP contribution in [0.3, 0.4) is 0 Å². The molecule has 2 rings (SSSR count). The van der Waals surface area contributed by atoms with Gasteiger partial charge in [-0.2, -0.15) is 0 Å². The van der Waals surface area contributed by atoms with Crippen LogP contribution in [0.1, 0.15) is 21.5 Å². The lowest BCUT2D eigenvalue weighted by Crippen LogP contribution is -2.23. The van der Waals surface area contributed by atoms with Crippen LogP contribution in [0.2, 0.25) is 5.02 Å². The fourth-order valence-electron chi connectivity index (χ4n) is 1.89. The first-order valence-corrected chi connectivity index (χ1v) is 6.46. The SMILES string of the molecule is Cc1cc(Cl)cc(C(=O)NCc2cc(N)ccc2O)c1. The Kier molecular flexibility index (Phi) is 4.15. The predicted octanol–water partition coefficient (Wildman–Crippen LogP) is 2.87. The monoisotopic (exact) mass is 290 g/mol. The summed E-state index contributed by atoms with van der Waals surface area (Å²) in [4.78, 5) is 12.0. The fraction of sp³-hybridized carbons (Fsp3) is 0.133. The van der Waals surface area contributed by atoms with Crippen LogP contribution in [-0.2, 0) is 6.54 Å². The number of benzene rings is 2. The molecule has 0 bridgehead atoms. The molecule has 5 heteroatoms. The number of anilines is 1. The first kappa shape index (κ1) is 14.2. The number of aromatic hydroxyl groups is 1. The summed E-state index contributed by atoms with van der Waals surface area (Å²) in [7, 11) is 0. The summed E-state index contributed by atoms with van der Waals surface area (Å²) in [6, 6.07) is 9.85. The number of amides is 1. The summed E-state index contributed by atoms with van der Waals surface area (Å²) >= 11 is 5.92. The van der Waals surface area contributed by atoms with Crippen molar-refractivity contribution in [3.05, 3.63) is 58.1 Å². The van der Waals surface area contributed by atoms with Crippen LogP contribution >= 0.6 is 11.6 Å². The maximum absolute atomic E-state index is 12.0. The quantitative estimate of drug-likeness (QED) is 0.601. The second-order valence-electron chi connectivity index (χ2n) is 4.59. The minimum absolute atomic E-state index is 0.0989. The lowest BCUT2D eigenvalue weighted by molar-refractivity contribution is 0.0950. The van der Waals surface area contributed by atoms with Gasteiger partial charge in [0.25, 0.3) is 5.91 Å². The van der Waals surface area contributed by atoms with E-state index in [1.54, 1.807) is 30.3 Å². The van der Waals surface area contributed by atoms with Gasteiger partial charge >= 0.3 is 0 Å². The number of halogens is 1. The Morgan fingerprint density at radius 3 is 2.75 bits per heavy atom. The van der Waals surface area contributed by atoms with Crippen molar-refractivity contribution in [1.82, 2.24) is 5.32 Å². The van der Waals surface area contributed by atoms with Gasteiger partial charge in [-0.25, -0.2) is 0 Å². The van der Waals surface area contributed by atoms with Crippen LogP contribution in [0.15, 0.2) is 36.4 Å². The topological polar surface area (TPSA) is 75.4 Å². The van der Waals surface area contributed by atoms with Gasteiger partial charge in [0.05, 0.1) is 0 Å². The van der Waals surface area contributed by atoms with E-state index in [-0.39, 0.29) is 18.2 Å². The Morgan fingerprint density at radius 2 is 2.05 bits per heavy atom. The Bertz CT molecular complexity index is 636. The van der Waals surface area contributed by atoms with Crippen LogP contribution in [0.5, 0.6) is 5.75 Å². The number of carbonyl (C=O) groups is 1. The molecule has 0 saturated carbocycles. The van der Waals surface area contributed by atoms with Gasteiger partial charge in [-0.15, -0.1) is 0 Å². The molecule has 0 heterocycles. The van der Waals surface area contributed by atoms with Gasteiger partial charge in [-0.3, -0.25) is 4.79 Å². The molecule has 0 fully saturated rings. The molecule has 2 aromatic rings. The highest BCUT2D eigenvalue weighted by Gasteiger charge is 2.08. The summed E-state index contributed by atoms with van der Waals surface area (Å²) in [5, 5.41) is 12.9. The molecule has 0 atom stereocenters. The molecule has 0 spiro atoms.